The van der Waals surface area contributed by atoms with Gasteiger partial charge in [-0.05, 0) is 12.5 Å². The molecule has 0 bridgehead atoms. The van der Waals surface area contributed by atoms with E-state index in [1.165, 1.54) is 0 Å². The van der Waals surface area contributed by atoms with Crippen LogP contribution in [0.2, 0.25) is 0 Å². The molecule has 0 aliphatic carbocycles. The molecule has 0 aromatic carbocycles. The summed E-state index contributed by atoms with van der Waals surface area (Å²) in [4.78, 5) is 4.88. The lowest BCUT2D eigenvalue weighted by Gasteiger charge is -2.38. The van der Waals surface area contributed by atoms with Gasteiger partial charge in [0.25, 0.3) is 0 Å². The van der Waals surface area contributed by atoms with Crippen molar-refractivity contribution in [2.45, 2.75) is 25.9 Å². The summed E-state index contributed by atoms with van der Waals surface area (Å²) in [5, 5.41) is 13.5. The molecule has 1 unspecified atom stereocenters. The highest BCUT2D eigenvalue weighted by atomic mass is 16.3. The van der Waals surface area contributed by atoms with Crippen LogP contribution >= 0.6 is 0 Å². The number of aliphatic hydroxyl groups excluding tert-OH is 1. The zero-order valence-corrected chi connectivity index (χ0v) is 11.2. The van der Waals surface area contributed by atoms with Gasteiger partial charge in [0.15, 0.2) is 0 Å². The van der Waals surface area contributed by atoms with Gasteiger partial charge in [-0.25, -0.2) is 0 Å². The summed E-state index contributed by atoms with van der Waals surface area (Å²) in [6, 6.07) is 2.31. The van der Waals surface area contributed by atoms with Crippen LogP contribution in [0, 0.1) is 0 Å². The molecular weight excluding hydrogens is 228 g/mol. The number of aromatic nitrogens is 2. The van der Waals surface area contributed by atoms with E-state index in [4.69, 9.17) is 0 Å². The van der Waals surface area contributed by atoms with Crippen molar-refractivity contribution in [1.29, 1.82) is 0 Å². The van der Waals surface area contributed by atoms with Crippen molar-refractivity contribution >= 4 is 0 Å². The Bertz CT molecular complexity index is 316. The predicted molar refractivity (Wildman–Crippen MR) is 71.4 cm³/mol. The van der Waals surface area contributed by atoms with Crippen molar-refractivity contribution in [3.63, 3.8) is 0 Å². The predicted octanol–water partition coefficient (Wildman–Crippen LogP) is 0.272. The molecule has 18 heavy (non-hydrogen) atoms. The Balaban J connectivity index is 1.70. The first-order valence-corrected chi connectivity index (χ1v) is 6.88. The first-order valence-electron chi connectivity index (χ1n) is 6.88. The molecule has 1 aliphatic heterocycles. The molecule has 2 rings (SSSR count). The minimum atomic E-state index is 0.282. The van der Waals surface area contributed by atoms with Gasteiger partial charge in [0.2, 0.25) is 0 Å². The number of hydrogen-bond acceptors (Lipinski definition) is 4. The maximum Gasteiger partial charge on any atom is 0.0586 e. The maximum absolute atomic E-state index is 9.31. The first kappa shape index (κ1) is 13.5. The molecule has 5 nitrogen and oxygen atoms in total. The second-order valence-electron chi connectivity index (χ2n) is 4.89. The fraction of sp³-hybridized carbons (Fsp3) is 0.769. The van der Waals surface area contributed by atoms with Crippen LogP contribution in [-0.4, -0.2) is 70.1 Å². The molecule has 1 aliphatic rings. The topological polar surface area (TPSA) is 44.5 Å². The zero-order valence-electron chi connectivity index (χ0n) is 11.2. The maximum atomic E-state index is 9.31. The van der Waals surface area contributed by atoms with Crippen LogP contribution in [0.5, 0.6) is 0 Å². The minimum Gasteiger partial charge on any atom is -0.395 e. The molecule has 5 heteroatoms. The molecular formula is C13H24N4O. The zero-order chi connectivity index (χ0) is 12.8. The highest BCUT2D eigenvalue weighted by Crippen LogP contribution is 2.08. The van der Waals surface area contributed by atoms with Crippen molar-refractivity contribution in [1.82, 2.24) is 19.6 Å². The molecule has 0 amide bonds. The van der Waals surface area contributed by atoms with Gasteiger partial charge in [0.05, 0.1) is 13.2 Å². The van der Waals surface area contributed by atoms with Gasteiger partial charge in [-0.2, -0.15) is 5.10 Å². The largest absolute Gasteiger partial charge is 0.395 e. The van der Waals surface area contributed by atoms with E-state index in [2.05, 4.69) is 21.8 Å². The Morgan fingerprint density at radius 2 is 2.00 bits per heavy atom. The molecule has 1 fully saturated rings. The van der Waals surface area contributed by atoms with E-state index >= 15 is 0 Å². The van der Waals surface area contributed by atoms with Gasteiger partial charge >= 0.3 is 0 Å². The van der Waals surface area contributed by atoms with Crippen molar-refractivity contribution in [2.24, 2.45) is 0 Å². The van der Waals surface area contributed by atoms with E-state index in [0.717, 1.165) is 45.7 Å². The molecule has 1 aromatic rings. The number of aliphatic hydroxyl groups is 1. The molecule has 0 saturated carbocycles. The second-order valence-corrected chi connectivity index (χ2v) is 4.89. The summed E-state index contributed by atoms with van der Waals surface area (Å²) in [5.41, 5.74) is 0. The van der Waals surface area contributed by atoms with Crippen LogP contribution in [0.15, 0.2) is 18.5 Å². The fourth-order valence-electron chi connectivity index (χ4n) is 2.53. The van der Waals surface area contributed by atoms with Crippen molar-refractivity contribution in [2.75, 3.05) is 39.3 Å². The van der Waals surface area contributed by atoms with Crippen LogP contribution in [0.4, 0.5) is 0 Å². The number of piperazine rings is 1. The lowest BCUT2D eigenvalue weighted by Crippen LogP contribution is -2.51. The van der Waals surface area contributed by atoms with Crippen LogP contribution in [0.3, 0.4) is 0 Å². The van der Waals surface area contributed by atoms with Gasteiger partial charge in [-0.3, -0.25) is 14.5 Å². The van der Waals surface area contributed by atoms with E-state index in [0.29, 0.717) is 6.04 Å². The van der Waals surface area contributed by atoms with E-state index in [1.807, 2.05) is 23.1 Å². The van der Waals surface area contributed by atoms with Gasteiger partial charge in [-0.15, -0.1) is 0 Å². The summed E-state index contributed by atoms with van der Waals surface area (Å²) in [6.45, 7) is 8.77. The van der Waals surface area contributed by atoms with Gasteiger partial charge in [0.1, 0.15) is 0 Å². The van der Waals surface area contributed by atoms with E-state index in [9.17, 15) is 5.11 Å². The first-order chi connectivity index (χ1) is 8.83. The molecule has 0 spiro atoms. The van der Waals surface area contributed by atoms with Gasteiger partial charge in [0, 0.05) is 51.2 Å². The molecule has 1 saturated heterocycles. The number of hydrogen-bond donors (Lipinski definition) is 1. The summed E-state index contributed by atoms with van der Waals surface area (Å²) in [6.07, 6.45) is 4.87. The Kier molecular flexibility index (Phi) is 5.16. The second kappa shape index (κ2) is 6.87. The molecule has 1 atom stereocenters. The average Bonchev–Trinajstić information content (AvgIpc) is 2.92. The Morgan fingerprint density at radius 3 is 2.56 bits per heavy atom. The molecule has 102 valence electrons. The van der Waals surface area contributed by atoms with E-state index in [-0.39, 0.29) is 6.61 Å². The van der Waals surface area contributed by atoms with Crippen LogP contribution in [-0.2, 0) is 6.54 Å². The monoisotopic (exact) mass is 252 g/mol. The third-order valence-corrected chi connectivity index (χ3v) is 3.81. The quantitative estimate of drug-likeness (QED) is 0.789. The van der Waals surface area contributed by atoms with Crippen LogP contribution < -0.4 is 0 Å². The lowest BCUT2D eigenvalue weighted by atomic mass is 10.1. The normalized spacial score (nSPS) is 20.1. The summed E-state index contributed by atoms with van der Waals surface area (Å²) in [7, 11) is 0. The molecule has 2 heterocycles. The van der Waals surface area contributed by atoms with Crippen LogP contribution in [0.25, 0.3) is 0 Å². The van der Waals surface area contributed by atoms with E-state index < -0.39 is 0 Å². The molecule has 1 N–H and O–H groups in total. The van der Waals surface area contributed by atoms with Gasteiger partial charge < -0.3 is 5.11 Å². The highest BCUT2D eigenvalue weighted by molar-refractivity contribution is 4.80. The number of nitrogens with zero attached hydrogens (tertiary/aromatic N) is 4. The average molecular weight is 252 g/mol. The minimum absolute atomic E-state index is 0.282. The van der Waals surface area contributed by atoms with E-state index in [1.54, 1.807) is 0 Å². The SMILES string of the molecule is CCC(CO)N1CCN(CCn2cccn2)CC1. The summed E-state index contributed by atoms with van der Waals surface area (Å²) < 4.78 is 1.98. The Hall–Kier alpha value is -0.910. The smallest absolute Gasteiger partial charge is 0.0586 e. The van der Waals surface area contributed by atoms with Crippen molar-refractivity contribution in [3.05, 3.63) is 18.5 Å². The summed E-state index contributed by atoms with van der Waals surface area (Å²) >= 11 is 0. The van der Waals surface area contributed by atoms with Gasteiger partial charge in [-0.1, -0.05) is 6.92 Å². The fourth-order valence-corrected chi connectivity index (χ4v) is 2.53. The summed E-state index contributed by atoms with van der Waals surface area (Å²) in [5.74, 6) is 0. The van der Waals surface area contributed by atoms with Crippen molar-refractivity contribution in [3.8, 4) is 0 Å². The highest BCUT2D eigenvalue weighted by Gasteiger charge is 2.21. The molecule has 0 radical (unpaired) electrons. The standard InChI is InChI=1S/C13H24N4O/c1-2-13(12-18)16-9-6-15(7-10-16)8-11-17-5-3-4-14-17/h3-5,13,18H,2,6-12H2,1H3. The molecule has 1 aromatic heterocycles. The Morgan fingerprint density at radius 1 is 1.22 bits per heavy atom. The van der Waals surface area contributed by atoms with Crippen LogP contribution in [0.1, 0.15) is 13.3 Å². The third kappa shape index (κ3) is 3.54. The van der Waals surface area contributed by atoms with Crippen molar-refractivity contribution < 1.29 is 5.11 Å². The Labute approximate surface area is 109 Å². The third-order valence-electron chi connectivity index (χ3n) is 3.81. The number of rotatable bonds is 6. The lowest BCUT2D eigenvalue weighted by molar-refractivity contribution is 0.0620.